The number of halogens is 1. The van der Waals surface area contributed by atoms with Gasteiger partial charge in [0.25, 0.3) is 0 Å². The van der Waals surface area contributed by atoms with Crippen molar-refractivity contribution in [2.24, 2.45) is 0 Å². The third-order valence-corrected chi connectivity index (χ3v) is 6.91. The summed E-state index contributed by atoms with van der Waals surface area (Å²) >= 11 is 3.56. The molecule has 0 aliphatic heterocycles. The first-order chi connectivity index (χ1) is 8.50. The number of rotatable bonds is 6. The maximum Gasteiger partial charge on any atom is 0.507 e. The fourth-order valence-electron chi connectivity index (χ4n) is 2.03. The standard InChI is InChI=1S/C13H21BrO3Si/c1-10(14)12-6-8-13(9-7-12)11(2)18(15-3,16-4)17-5/h6-11H,1-5H3. The van der Waals surface area contributed by atoms with Gasteiger partial charge in [-0.1, -0.05) is 47.1 Å². The summed E-state index contributed by atoms with van der Waals surface area (Å²) in [6.45, 7) is 4.19. The van der Waals surface area contributed by atoms with Crippen molar-refractivity contribution in [1.82, 2.24) is 0 Å². The van der Waals surface area contributed by atoms with Crippen LogP contribution in [0.25, 0.3) is 0 Å². The van der Waals surface area contributed by atoms with Crippen LogP contribution in [-0.2, 0) is 13.3 Å². The summed E-state index contributed by atoms with van der Waals surface area (Å²) in [5.74, 6) is 0. The monoisotopic (exact) mass is 332 g/mol. The van der Waals surface area contributed by atoms with Crippen molar-refractivity contribution in [2.45, 2.75) is 24.2 Å². The Labute approximate surface area is 119 Å². The zero-order valence-electron chi connectivity index (χ0n) is 11.6. The molecule has 1 aromatic rings. The Balaban J connectivity index is 2.98. The van der Waals surface area contributed by atoms with E-state index >= 15 is 0 Å². The summed E-state index contributed by atoms with van der Waals surface area (Å²) in [6, 6.07) is 8.45. The van der Waals surface area contributed by atoms with Gasteiger partial charge in [-0.25, -0.2) is 0 Å². The summed E-state index contributed by atoms with van der Waals surface area (Å²) in [7, 11) is 2.31. The van der Waals surface area contributed by atoms with Gasteiger partial charge in [0.1, 0.15) is 0 Å². The highest BCUT2D eigenvalue weighted by Crippen LogP contribution is 2.30. The molecule has 0 aliphatic carbocycles. The first-order valence-corrected chi connectivity index (χ1v) is 8.62. The second kappa shape index (κ2) is 6.82. The van der Waals surface area contributed by atoms with Gasteiger partial charge in [-0.2, -0.15) is 0 Å². The van der Waals surface area contributed by atoms with Gasteiger partial charge in [0.2, 0.25) is 0 Å². The van der Waals surface area contributed by atoms with Crippen LogP contribution in [-0.4, -0.2) is 30.1 Å². The van der Waals surface area contributed by atoms with Crippen molar-refractivity contribution < 1.29 is 13.3 Å². The second-order valence-electron chi connectivity index (χ2n) is 4.22. The molecule has 0 saturated carbocycles. The molecule has 0 aliphatic rings. The fraction of sp³-hybridized carbons (Fsp3) is 0.538. The van der Waals surface area contributed by atoms with E-state index in [1.54, 1.807) is 21.3 Å². The van der Waals surface area contributed by atoms with Gasteiger partial charge in [-0.3, -0.25) is 0 Å². The van der Waals surface area contributed by atoms with Gasteiger partial charge in [-0.05, 0) is 18.1 Å². The first-order valence-electron chi connectivity index (χ1n) is 5.90. The Morgan fingerprint density at radius 2 is 1.28 bits per heavy atom. The Morgan fingerprint density at radius 3 is 1.61 bits per heavy atom. The lowest BCUT2D eigenvalue weighted by molar-refractivity contribution is 0.114. The van der Waals surface area contributed by atoms with Gasteiger partial charge in [-0.15, -0.1) is 0 Å². The van der Waals surface area contributed by atoms with Gasteiger partial charge in [0.05, 0.1) is 5.54 Å². The molecule has 102 valence electrons. The lowest BCUT2D eigenvalue weighted by Gasteiger charge is -2.30. The molecule has 1 aromatic carbocycles. The van der Waals surface area contributed by atoms with Crippen molar-refractivity contribution in [3.05, 3.63) is 35.4 Å². The van der Waals surface area contributed by atoms with Crippen LogP contribution in [0.15, 0.2) is 24.3 Å². The van der Waals surface area contributed by atoms with Crippen molar-refractivity contribution in [3.8, 4) is 0 Å². The predicted molar refractivity (Wildman–Crippen MR) is 79.0 cm³/mol. The Hall–Kier alpha value is -0.203. The van der Waals surface area contributed by atoms with E-state index in [9.17, 15) is 0 Å². The van der Waals surface area contributed by atoms with Crippen LogP contribution in [0.1, 0.15) is 35.3 Å². The second-order valence-corrected chi connectivity index (χ2v) is 8.89. The van der Waals surface area contributed by atoms with E-state index in [0.717, 1.165) is 0 Å². The molecule has 0 heterocycles. The lowest BCUT2D eigenvalue weighted by Crippen LogP contribution is -2.48. The maximum atomic E-state index is 5.52. The summed E-state index contributed by atoms with van der Waals surface area (Å²) in [5.41, 5.74) is 2.53. The highest BCUT2D eigenvalue weighted by molar-refractivity contribution is 9.09. The van der Waals surface area contributed by atoms with Crippen LogP contribution < -0.4 is 0 Å². The smallest absolute Gasteiger partial charge is 0.376 e. The van der Waals surface area contributed by atoms with E-state index < -0.39 is 8.80 Å². The van der Waals surface area contributed by atoms with Crippen LogP contribution in [0, 0.1) is 0 Å². The topological polar surface area (TPSA) is 27.7 Å². The maximum absolute atomic E-state index is 5.52. The van der Waals surface area contributed by atoms with E-state index in [0.29, 0.717) is 4.83 Å². The average Bonchev–Trinajstić information content (AvgIpc) is 2.41. The Bertz CT molecular complexity index is 355. The SMILES string of the molecule is CO[Si](OC)(OC)C(C)c1ccc(C(C)Br)cc1. The molecule has 0 bridgehead atoms. The molecule has 3 nitrogen and oxygen atoms in total. The molecule has 0 spiro atoms. The minimum absolute atomic E-state index is 0.109. The molecule has 0 amide bonds. The number of hydrogen-bond donors (Lipinski definition) is 0. The molecule has 0 N–H and O–H groups in total. The zero-order chi connectivity index (χ0) is 13.8. The van der Waals surface area contributed by atoms with Crippen molar-refractivity contribution in [2.75, 3.05) is 21.3 Å². The Morgan fingerprint density at radius 1 is 0.889 bits per heavy atom. The molecule has 0 fully saturated rings. The van der Waals surface area contributed by atoms with Crippen molar-refractivity contribution in [3.63, 3.8) is 0 Å². The van der Waals surface area contributed by atoms with Crippen LogP contribution in [0.3, 0.4) is 0 Å². The van der Waals surface area contributed by atoms with Crippen LogP contribution in [0.5, 0.6) is 0 Å². The van der Waals surface area contributed by atoms with E-state index in [-0.39, 0.29) is 5.54 Å². The molecule has 0 aromatic heterocycles. The summed E-state index contributed by atoms with van der Waals surface area (Å²) in [6.07, 6.45) is 0. The van der Waals surface area contributed by atoms with Gasteiger partial charge in [0.15, 0.2) is 0 Å². The van der Waals surface area contributed by atoms with Gasteiger partial charge in [0, 0.05) is 26.2 Å². The lowest BCUT2D eigenvalue weighted by atomic mass is 10.1. The minimum Gasteiger partial charge on any atom is -0.376 e. The molecule has 2 atom stereocenters. The Kier molecular flexibility index (Phi) is 6.00. The van der Waals surface area contributed by atoms with Crippen molar-refractivity contribution in [1.29, 1.82) is 0 Å². The first kappa shape index (κ1) is 15.9. The number of alkyl halides is 1. The molecule has 18 heavy (non-hydrogen) atoms. The molecule has 0 saturated heterocycles. The quantitative estimate of drug-likeness (QED) is 0.587. The van der Waals surface area contributed by atoms with E-state index in [4.69, 9.17) is 13.3 Å². The molecule has 1 rings (SSSR count). The summed E-state index contributed by atoms with van der Waals surface area (Å²) in [5, 5.41) is 0. The average molecular weight is 333 g/mol. The number of hydrogen-bond acceptors (Lipinski definition) is 3. The molecule has 5 heteroatoms. The number of benzene rings is 1. The minimum atomic E-state index is -2.62. The van der Waals surface area contributed by atoms with Crippen LogP contribution in [0.4, 0.5) is 0 Å². The van der Waals surface area contributed by atoms with Gasteiger partial charge < -0.3 is 13.3 Å². The highest BCUT2D eigenvalue weighted by Gasteiger charge is 2.45. The fourth-order valence-corrected chi connectivity index (χ4v) is 4.50. The van der Waals surface area contributed by atoms with E-state index in [1.807, 2.05) is 0 Å². The van der Waals surface area contributed by atoms with E-state index in [2.05, 4.69) is 54.0 Å². The molecular weight excluding hydrogens is 312 g/mol. The van der Waals surface area contributed by atoms with Crippen molar-refractivity contribution >= 4 is 24.7 Å². The van der Waals surface area contributed by atoms with E-state index in [1.165, 1.54) is 11.1 Å². The van der Waals surface area contributed by atoms with Gasteiger partial charge >= 0.3 is 8.80 Å². The van der Waals surface area contributed by atoms with Crippen LogP contribution >= 0.6 is 15.9 Å². The highest BCUT2D eigenvalue weighted by atomic mass is 79.9. The predicted octanol–water partition coefficient (Wildman–Crippen LogP) is 3.66. The normalized spacial score (nSPS) is 15.4. The third kappa shape index (κ3) is 3.22. The molecule has 2 unspecified atom stereocenters. The zero-order valence-corrected chi connectivity index (χ0v) is 14.2. The van der Waals surface area contributed by atoms with Crippen LogP contribution in [0.2, 0.25) is 0 Å². The third-order valence-electron chi connectivity index (χ3n) is 3.28. The summed E-state index contributed by atoms with van der Waals surface area (Å²) < 4.78 is 16.5. The molecular formula is C13H21BrO3Si. The summed E-state index contributed by atoms with van der Waals surface area (Å²) in [4.78, 5) is 0.358. The largest absolute Gasteiger partial charge is 0.507 e. The molecule has 0 radical (unpaired) electrons.